The maximum atomic E-state index is 11.9. The van der Waals surface area contributed by atoms with Crippen molar-refractivity contribution in [2.24, 2.45) is 11.1 Å². The molecule has 1 aliphatic rings. The van der Waals surface area contributed by atoms with Crippen LogP contribution in [0.25, 0.3) is 0 Å². The normalized spacial score (nSPS) is 20.1. The minimum Gasteiger partial charge on any atom is -0.296 e. The lowest BCUT2D eigenvalue weighted by Gasteiger charge is -2.16. The summed E-state index contributed by atoms with van der Waals surface area (Å²) < 4.78 is 23.0. The number of aromatic nitrogens is 1. The number of primary sulfonamides is 1. The Hall–Kier alpha value is -0.990. The molecule has 2 heterocycles. The highest BCUT2D eigenvalue weighted by atomic mass is 79.9. The van der Waals surface area contributed by atoms with E-state index < -0.39 is 10.0 Å². The number of carbonyl (C=O) groups excluding carboxylic acids is 1. The highest BCUT2D eigenvalue weighted by Crippen LogP contribution is 2.26. The van der Waals surface area contributed by atoms with Crippen molar-refractivity contribution in [3.8, 4) is 0 Å². The summed E-state index contributed by atoms with van der Waals surface area (Å²) in [5.74, 6) is -0.0242. The van der Waals surface area contributed by atoms with E-state index in [1.165, 1.54) is 4.90 Å². The van der Waals surface area contributed by atoms with Gasteiger partial charge in [-0.3, -0.25) is 9.69 Å². The molecule has 1 saturated heterocycles. The van der Waals surface area contributed by atoms with Crippen LogP contribution in [0.1, 0.15) is 12.1 Å². The molecule has 2 rings (SSSR count). The molecule has 0 spiro atoms. The first kappa shape index (κ1) is 14.4. The number of carbonyl (C=O) groups is 1. The Bertz CT molecular complexity index is 618. The van der Waals surface area contributed by atoms with E-state index in [1.54, 1.807) is 6.07 Å². The number of halogens is 1. The third-order valence-electron chi connectivity index (χ3n) is 2.96. The van der Waals surface area contributed by atoms with Gasteiger partial charge in [0.05, 0.1) is 11.4 Å². The second kappa shape index (κ2) is 5.18. The largest absolute Gasteiger partial charge is 0.296 e. The van der Waals surface area contributed by atoms with E-state index in [4.69, 9.17) is 5.14 Å². The topological polar surface area (TPSA) is 93.4 Å². The number of hydrogen-bond donors (Lipinski definition) is 1. The Kier molecular flexibility index (Phi) is 3.93. The molecule has 1 aliphatic heterocycles. The first-order valence-electron chi connectivity index (χ1n) is 5.70. The summed E-state index contributed by atoms with van der Waals surface area (Å²) in [6.07, 6.45) is 0.188. The Morgan fingerprint density at radius 2 is 2.21 bits per heavy atom. The monoisotopic (exact) mass is 347 g/mol. The number of nitrogens with zero attached hydrogens (tertiary/aromatic N) is 2. The van der Waals surface area contributed by atoms with Crippen molar-refractivity contribution in [1.82, 2.24) is 4.98 Å². The van der Waals surface area contributed by atoms with Crippen molar-refractivity contribution in [2.45, 2.75) is 13.3 Å². The van der Waals surface area contributed by atoms with Gasteiger partial charge in [-0.25, -0.2) is 18.5 Å². The molecule has 104 valence electrons. The Balaban J connectivity index is 2.18. The zero-order chi connectivity index (χ0) is 14.2. The minimum absolute atomic E-state index is 0.122. The fourth-order valence-corrected chi connectivity index (χ4v) is 3.23. The average molecular weight is 348 g/mol. The van der Waals surface area contributed by atoms with Crippen molar-refractivity contribution in [1.29, 1.82) is 0 Å². The van der Waals surface area contributed by atoms with Crippen LogP contribution in [0.3, 0.4) is 0 Å². The first-order valence-corrected chi connectivity index (χ1v) is 8.21. The molecule has 8 heteroatoms. The molecule has 0 saturated carbocycles. The van der Waals surface area contributed by atoms with E-state index >= 15 is 0 Å². The lowest BCUT2D eigenvalue weighted by atomic mass is 10.1. The summed E-state index contributed by atoms with van der Waals surface area (Å²) >= 11 is 3.34. The van der Waals surface area contributed by atoms with Gasteiger partial charge in [0.25, 0.3) is 0 Å². The zero-order valence-corrected chi connectivity index (χ0v) is 12.7. The first-order chi connectivity index (χ1) is 8.76. The van der Waals surface area contributed by atoms with Crippen LogP contribution in [0.2, 0.25) is 0 Å². The van der Waals surface area contributed by atoms with Gasteiger partial charge >= 0.3 is 0 Å². The van der Waals surface area contributed by atoms with E-state index in [9.17, 15) is 13.2 Å². The predicted molar refractivity (Wildman–Crippen MR) is 75.1 cm³/mol. The number of nitrogens with two attached hydrogens (primary N) is 1. The molecule has 0 aromatic carbocycles. The van der Waals surface area contributed by atoms with E-state index in [0.717, 1.165) is 10.2 Å². The van der Waals surface area contributed by atoms with Crippen LogP contribution in [0.15, 0.2) is 16.6 Å². The standard InChI is InChI=1S/C11H14BrN3O3S/c1-7-9(12)2-3-10(14-7)15-5-8(4-11(15)16)6-19(13,17)18/h2-3,8H,4-6H2,1H3,(H2,13,17,18). The minimum atomic E-state index is -3.56. The van der Waals surface area contributed by atoms with Crippen molar-refractivity contribution in [3.05, 3.63) is 22.3 Å². The van der Waals surface area contributed by atoms with Gasteiger partial charge in [0.1, 0.15) is 5.82 Å². The van der Waals surface area contributed by atoms with E-state index in [1.807, 2.05) is 13.0 Å². The lowest BCUT2D eigenvalue weighted by Crippen LogP contribution is -2.28. The van der Waals surface area contributed by atoms with Crippen molar-refractivity contribution in [2.75, 3.05) is 17.2 Å². The number of pyridine rings is 1. The van der Waals surface area contributed by atoms with Crippen LogP contribution in [-0.2, 0) is 14.8 Å². The molecule has 6 nitrogen and oxygen atoms in total. The third kappa shape index (κ3) is 3.52. The summed E-state index contributed by atoms with van der Waals surface area (Å²) in [7, 11) is -3.56. The highest BCUT2D eigenvalue weighted by Gasteiger charge is 2.33. The quantitative estimate of drug-likeness (QED) is 0.874. The smallest absolute Gasteiger partial charge is 0.228 e. The fourth-order valence-electron chi connectivity index (χ4n) is 2.12. The second-order valence-electron chi connectivity index (χ2n) is 4.64. The van der Waals surface area contributed by atoms with Crippen LogP contribution in [-0.4, -0.2) is 31.6 Å². The number of anilines is 1. The fraction of sp³-hybridized carbons (Fsp3) is 0.455. The summed E-state index contributed by atoms with van der Waals surface area (Å²) in [4.78, 5) is 17.7. The maximum Gasteiger partial charge on any atom is 0.228 e. The van der Waals surface area contributed by atoms with Gasteiger partial charge < -0.3 is 0 Å². The van der Waals surface area contributed by atoms with E-state index in [-0.39, 0.29) is 24.0 Å². The molecule has 1 unspecified atom stereocenters. The van der Waals surface area contributed by atoms with Gasteiger partial charge in [-0.15, -0.1) is 0 Å². The third-order valence-corrected chi connectivity index (χ3v) is 4.73. The van der Waals surface area contributed by atoms with Crippen LogP contribution in [0, 0.1) is 12.8 Å². The maximum absolute atomic E-state index is 11.9. The molecular weight excluding hydrogens is 334 g/mol. The van der Waals surface area contributed by atoms with Gasteiger partial charge in [-0.2, -0.15) is 0 Å². The van der Waals surface area contributed by atoms with Gasteiger partial charge in [-0.1, -0.05) is 0 Å². The molecule has 0 aliphatic carbocycles. The highest BCUT2D eigenvalue weighted by molar-refractivity contribution is 9.10. The van der Waals surface area contributed by atoms with Gasteiger partial charge in [-0.05, 0) is 35.0 Å². The summed E-state index contributed by atoms with van der Waals surface area (Å²) in [6, 6.07) is 3.55. The van der Waals surface area contributed by atoms with Gasteiger partial charge in [0.2, 0.25) is 15.9 Å². The average Bonchev–Trinajstić information content (AvgIpc) is 2.61. The van der Waals surface area contributed by atoms with Crippen molar-refractivity contribution >= 4 is 37.7 Å². The number of sulfonamides is 1. The van der Waals surface area contributed by atoms with Crippen LogP contribution >= 0.6 is 15.9 Å². The molecule has 1 aromatic heterocycles. The Labute approximate surface area is 120 Å². The summed E-state index contributed by atoms with van der Waals surface area (Å²) in [5, 5.41) is 5.01. The number of rotatable bonds is 3. The summed E-state index contributed by atoms with van der Waals surface area (Å²) in [5.41, 5.74) is 0.778. The van der Waals surface area contributed by atoms with Crippen LogP contribution in [0.5, 0.6) is 0 Å². The molecule has 2 N–H and O–H groups in total. The number of hydrogen-bond acceptors (Lipinski definition) is 4. The second-order valence-corrected chi connectivity index (χ2v) is 7.15. The molecular formula is C11H14BrN3O3S. The molecule has 0 radical (unpaired) electrons. The van der Waals surface area contributed by atoms with Crippen molar-refractivity contribution in [3.63, 3.8) is 0 Å². The predicted octanol–water partition coefficient (Wildman–Crippen LogP) is 0.794. The lowest BCUT2D eigenvalue weighted by molar-refractivity contribution is -0.117. The Morgan fingerprint density at radius 1 is 1.53 bits per heavy atom. The number of amides is 1. The molecule has 0 bridgehead atoms. The van der Waals surface area contributed by atoms with Gasteiger partial charge in [0, 0.05) is 23.4 Å². The number of aryl methyl sites for hydroxylation is 1. The van der Waals surface area contributed by atoms with Crippen molar-refractivity contribution < 1.29 is 13.2 Å². The van der Waals surface area contributed by atoms with Crippen LogP contribution < -0.4 is 10.0 Å². The van der Waals surface area contributed by atoms with E-state index in [0.29, 0.717) is 12.4 Å². The SMILES string of the molecule is Cc1nc(N2CC(CS(N)(=O)=O)CC2=O)ccc1Br. The zero-order valence-electron chi connectivity index (χ0n) is 10.3. The molecule has 1 fully saturated rings. The molecule has 19 heavy (non-hydrogen) atoms. The molecule has 1 amide bonds. The summed E-state index contributed by atoms with van der Waals surface area (Å²) in [6.45, 7) is 2.17. The molecule has 1 aromatic rings. The Morgan fingerprint density at radius 3 is 2.79 bits per heavy atom. The van der Waals surface area contributed by atoms with Gasteiger partial charge in [0.15, 0.2) is 0 Å². The van der Waals surface area contributed by atoms with Crippen LogP contribution in [0.4, 0.5) is 5.82 Å². The van der Waals surface area contributed by atoms with E-state index in [2.05, 4.69) is 20.9 Å². The molecule has 1 atom stereocenters.